The molecule has 1 unspecified atom stereocenters. The quantitative estimate of drug-likeness (QED) is 0.440. The molecular formula is C17H15IO2. The minimum absolute atomic E-state index is 0.0591. The van der Waals surface area contributed by atoms with Crippen molar-refractivity contribution in [3.8, 4) is 5.75 Å². The van der Waals surface area contributed by atoms with Crippen molar-refractivity contribution >= 4 is 33.6 Å². The first-order valence-corrected chi connectivity index (χ1v) is 8.15. The van der Waals surface area contributed by atoms with Gasteiger partial charge in [-0.25, -0.2) is 0 Å². The molecule has 3 aromatic rings. The highest BCUT2D eigenvalue weighted by molar-refractivity contribution is 14.1. The molecule has 1 aromatic heterocycles. The van der Waals surface area contributed by atoms with Crippen molar-refractivity contribution in [1.82, 2.24) is 0 Å². The summed E-state index contributed by atoms with van der Waals surface area (Å²) in [6.45, 7) is 0. The van der Waals surface area contributed by atoms with Crippen molar-refractivity contribution in [2.24, 2.45) is 0 Å². The summed E-state index contributed by atoms with van der Waals surface area (Å²) < 4.78 is 12.8. The van der Waals surface area contributed by atoms with Gasteiger partial charge in [-0.3, -0.25) is 0 Å². The van der Waals surface area contributed by atoms with Gasteiger partial charge in [-0.15, -0.1) is 0 Å². The maximum Gasteiger partial charge on any atom is 0.175 e. The van der Waals surface area contributed by atoms with Crippen LogP contribution in [0.15, 0.2) is 65.3 Å². The fourth-order valence-electron chi connectivity index (χ4n) is 2.27. The Kier molecular flexibility index (Phi) is 4.25. The number of benzene rings is 2. The highest BCUT2D eigenvalue weighted by Crippen LogP contribution is 2.31. The molecule has 0 bridgehead atoms. The molecule has 3 rings (SSSR count). The van der Waals surface area contributed by atoms with Crippen LogP contribution in [0.25, 0.3) is 11.0 Å². The molecule has 0 amide bonds. The van der Waals surface area contributed by atoms with Crippen LogP contribution in [-0.2, 0) is 0 Å². The van der Waals surface area contributed by atoms with Crippen LogP contribution in [0.1, 0.15) is 18.1 Å². The Morgan fingerprint density at radius 1 is 1.00 bits per heavy atom. The zero-order valence-electron chi connectivity index (χ0n) is 11.0. The molecular weight excluding hydrogens is 363 g/mol. The molecule has 0 N–H and O–H groups in total. The van der Waals surface area contributed by atoms with Crippen LogP contribution < -0.4 is 4.74 Å². The molecule has 3 heteroatoms. The van der Waals surface area contributed by atoms with Crippen molar-refractivity contribution in [3.63, 3.8) is 0 Å². The Balaban J connectivity index is 1.92. The number of furan rings is 1. The molecule has 0 aliphatic carbocycles. The number of hydrogen-bond donors (Lipinski definition) is 0. The third-order valence-corrected chi connectivity index (χ3v) is 3.88. The Labute approximate surface area is 131 Å². The van der Waals surface area contributed by atoms with E-state index in [1.54, 1.807) is 6.26 Å². The molecule has 102 valence electrons. The lowest BCUT2D eigenvalue weighted by molar-refractivity contribution is 0.204. The first-order valence-electron chi connectivity index (χ1n) is 6.62. The third kappa shape index (κ3) is 2.82. The lowest BCUT2D eigenvalue weighted by Crippen LogP contribution is -2.08. The first-order chi connectivity index (χ1) is 9.88. The topological polar surface area (TPSA) is 22.4 Å². The third-order valence-electron chi connectivity index (χ3n) is 3.25. The van der Waals surface area contributed by atoms with E-state index in [0.717, 1.165) is 27.6 Å². The van der Waals surface area contributed by atoms with E-state index >= 15 is 0 Å². The van der Waals surface area contributed by atoms with E-state index in [1.807, 2.05) is 42.5 Å². The Hall–Kier alpha value is -1.49. The molecule has 2 aromatic carbocycles. The van der Waals surface area contributed by atoms with E-state index in [0.29, 0.717) is 0 Å². The molecule has 0 fully saturated rings. The smallest absolute Gasteiger partial charge is 0.175 e. The molecule has 0 saturated carbocycles. The summed E-state index contributed by atoms with van der Waals surface area (Å²) in [5.41, 5.74) is 2.02. The summed E-state index contributed by atoms with van der Waals surface area (Å²) in [4.78, 5) is 0. The van der Waals surface area contributed by atoms with Gasteiger partial charge in [0.05, 0.1) is 6.26 Å². The van der Waals surface area contributed by atoms with Gasteiger partial charge in [-0.2, -0.15) is 0 Å². The largest absolute Gasteiger partial charge is 0.482 e. The van der Waals surface area contributed by atoms with Gasteiger partial charge in [0.25, 0.3) is 0 Å². The molecule has 0 spiro atoms. The van der Waals surface area contributed by atoms with Crippen LogP contribution in [0.3, 0.4) is 0 Å². The van der Waals surface area contributed by atoms with E-state index in [1.165, 1.54) is 5.56 Å². The molecule has 1 heterocycles. The second kappa shape index (κ2) is 6.31. The Morgan fingerprint density at radius 3 is 2.65 bits per heavy atom. The number of ether oxygens (including phenoxy) is 1. The Bertz CT molecular complexity index is 676. The van der Waals surface area contributed by atoms with Gasteiger partial charge >= 0.3 is 0 Å². The van der Waals surface area contributed by atoms with E-state index in [-0.39, 0.29) is 6.10 Å². The van der Waals surface area contributed by atoms with Crippen molar-refractivity contribution < 1.29 is 9.15 Å². The highest BCUT2D eigenvalue weighted by Gasteiger charge is 2.15. The predicted molar refractivity (Wildman–Crippen MR) is 89.5 cm³/mol. The predicted octanol–water partition coefficient (Wildman–Crippen LogP) is 5.38. The number of alkyl halides is 1. The number of hydrogen-bond acceptors (Lipinski definition) is 2. The SMILES string of the molecule is ICCC(Oc1cccc2ccoc12)c1ccccc1. The van der Waals surface area contributed by atoms with Crippen molar-refractivity contribution in [3.05, 3.63) is 66.4 Å². The van der Waals surface area contributed by atoms with Gasteiger partial charge in [-0.05, 0) is 24.1 Å². The minimum atomic E-state index is 0.0591. The Morgan fingerprint density at radius 2 is 1.85 bits per heavy atom. The average molecular weight is 378 g/mol. The van der Waals surface area contributed by atoms with Crippen LogP contribution in [0.5, 0.6) is 5.75 Å². The summed E-state index contributed by atoms with van der Waals surface area (Å²) in [6, 6.07) is 18.3. The molecule has 0 saturated heterocycles. The van der Waals surface area contributed by atoms with Crippen molar-refractivity contribution in [1.29, 1.82) is 0 Å². The highest BCUT2D eigenvalue weighted by atomic mass is 127. The maximum absolute atomic E-state index is 6.21. The summed E-state index contributed by atoms with van der Waals surface area (Å²) in [5, 5.41) is 1.07. The van der Waals surface area contributed by atoms with Crippen LogP contribution in [0.2, 0.25) is 0 Å². The number of rotatable bonds is 5. The molecule has 0 aliphatic rings. The monoisotopic (exact) mass is 378 g/mol. The van der Waals surface area contributed by atoms with Gasteiger partial charge < -0.3 is 9.15 Å². The number of halogens is 1. The normalized spacial score (nSPS) is 12.4. The van der Waals surface area contributed by atoms with Crippen LogP contribution in [0, 0.1) is 0 Å². The summed E-state index contributed by atoms with van der Waals surface area (Å²) in [6.07, 6.45) is 2.73. The van der Waals surface area contributed by atoms with Crippen LogP contribution in [-0.4, -0.2) is 4.43 Å². The van der Waals surface area contributed by atoms with Gasteiger partial charge in [0.15, 0.2) is 11.3 Å². The van der Waals surface area contributed by atoms with Gasteiger partial charge in [0, 0.05) is 9.81 Å². The lowest BCUT2D eigenvalue weighted by atomic mass is 10.1. The van der Waals surface area contributed by atoms with Crippen molar-refractivity contribution in [2.45, 2.75) is 12.5 Å². The van der Waals surface area contributed by atoms with Gasteiger partial charge in [-0.1, -0.05) is 65.1 Å². The first kappa shape index (κ1) is 13.5. The summed E-state index contributed by atoms with van der Waals surface area (Å²) in [5.74, 6) is 0.811. The second-order valence-corrected chi connectivity index (χ2v) is 5.67. The lowest BCUT2D eigenvalue weighted by Gasteiger charge is -2.18. The van der Waals surface area contributed by atoms with E-state index in [4.69, 9.17) is 9.15 Å². The molecule has 0 radical (unpaired) electrons. The standard InChI is InChI=1S/C17H15IO2/c18-11-9-15(13-5-2-1-3-6-13)20-16-8-4-7-14-10-12-19-17(14)16/h1-8,10,12,15H,9,11H2. The van der Waals surface area contributed by atoms with E-state index in [9.17, 15) is 0 Å². The molecule has 0 aliphatic heterocycles. The minimum Gasteiger partial charge on any atom is -0.482 e. The summed E-state index contributed by atoms with van der Waals surface area (Å²) >= 11 is 2.39. The second-order valence-electron chi connectivity index (χ2n) is 4.59. The zero-order valence-corrected chi connectivity index (χ0v) is 13.1. The molecule has 1 atom stereocenters. The van der Waals surface area contributed by atoms with Gasteiger partial charge in [0.2, 0.25) is 0 Å². The average Bonchev–Trinajstić information content (AvgIpc) is 2.97. The fourth-order valence-corrected chi connectivity index (χ4v) is 2.84. The van der Waals surface area contributed by atoms with Crippen molar-refractivity contribution in [2.75, 3.05) is 4.43 Å². The molecule has 2 nitrogen and oxygen atoms in total. The van der Waals surface area contributed by atoms with Gasteiger partial charge in [0.1, 0.15) is 6.10 Å². The number of para-hydroxylation sites is 1. The van der Waals surface area contributed by atoms with E-state index in [2.05, 4.69) is 34.7 Å². The maximum atomic E-state index is 6.21. The number of fused-ring (bicyclic) bond motifs is 1. The fraction of sp³-hybridized carbons (Fsp3) is 0.176. The van der Waals surface area contributed by atoms with Crippen LogP contribution >= 0.6 is 22.6 Å². The van der Waals surface area contributed by atoms with Crippen LogP contribution in [0.4, 0.5) is 0 Å². The van der Waals surface area contributed by atoms with E-state index < -0.39 is 0 Å². The zero-order chi connectivity index (χ0) is 13.8. The molecule has 20 heavy (non-hydrogen) atoms. The summed E-state index contributed by atoms with van der Waals surface area (Å²) in [7, 11) is 0.